The molecule has 0 radical (unpaired) electrons. The minimum absolute atomic E-state index is 0.299. The second-order valence-electron chi connectivity index (χ2n) is 5.21. The Kier molecular flexibility index (Phi) is 4.19. The number of urea groups is 1. The summed E-state index contributed by atoms with van der Waals surface area (Å²) in [5, 5.41) is 2.33. The fourth-order valence-electron chi connectivity index (χ4n) is 2.90. The van der Waals surface area contributed by atoms with Crippen LogP contribution in [0.3, 0.4) is 0 Å². The van der Waals surface area contributed by atoms with Gasteiger partial charge in [-0.1, -0.05) is 19.3 Å². The molecule has 0 aromatic rings. The summed E-state index contributed by atoms with van der Waals surface area (Å²) >= 11 is 0. The van der Waals surface area contributed by atoms with Gasteiger partial charge in [0.25, 0.3) is 0 Å². The topological polar surface area (TPSA) is 75.7 Å². The molecule has 1 heterocycles. The smallest absolute Gasteiger partial charge is 0.330 e. The van der Waals surface area contributed by atoms with Crippen molar-refractivity contribution < 1.29 is 19.1 Å². The van der Waals surface area contributed by atoms with Crippen molar-refractivity contribution in [3.8, 4) is 0 Å². The van der Waals surface area contributed by atoms with Gasteiger partial charge in [-0.3, -0.25) is 19.8 Å². The molecule has 2 fully saturated rings. The molecule has 0 aromatic heterocycles. The number of amides is 4. The zero-order valence-corrected chi connectivity index (χ0v) is 11.2. The lowest BCUT2D eigenvalue weighted by Crippen LogP contribution is -2.64. The maximum atomic E-state index is 12.5. The quantitative estimate of drug-likeness (QED) is 0.611. The Morgan fingerprint density at radius 2 is 1.89 bits per heavy atom. The molecule has 1 spiro atoms. The van der Waals surface area contributed by atoms with E-state index in [1.165, 1.54) is 4.90 Å². The van der Waals surface area contributed by atoms with Crippen LogP contribution in [-0.4, -0.2) is 43.0 Å². The lowest BCUT2D eigenvalue weighted by molar-refractivity contribution is -0.154. The summed E-state index contributed by atoms with van der Waals surface area (Å²) in [4.78, 5) is 37.5. The Balaban J connectivity index is 2.14. The summed E-state index contributed by atoms with van der Waals surface area (Å²) < 4.78 is 4.92. The molecule has 0 bridgehead atoms. The number of nitrogens with one attached hydrogen (secondary N) is 1. The van der Waals surface area contributed by atoms with Crippen LogP contribution in [0.2, 0.25) is 0 Å². The third-order valence-corrected chi connectivity index (χ3v) is 3.99. The first kappa shape index (κ1) is 14.0. The molecule has 0 atom stereocenters. The second-order valence-corrected chi connectivity index (χ2v) is 5.21. The number of nitrogens with zero attached hydrogens (tertiary/aromatic N) is 1. The van der Waals surface area contributed by atoms with Gasteiger partial charge >= 0.3 is 6.03 Å². The molecule has 2 rings (SSSR count). The monoisotopic (exact) mass is 268 g/mol. The summed E-state index contributed by atoms with van der Waals surface area (Å²) in [7, 11) is 1.57. The van der Waals surface area contributed by atoms with Gasteiger partial charge in [0.15, 0.2) is 0 Å². The SMILES string of the molecule is COCCCN1C(=O)NC(=O)C2(CCCCC2)C1=O. The van der Waals surface area contributed by atoms with E-state index < -0.39 is 17.4 Å². The first-order valence-corrected chi connectivity index (χ1v) is 6.78. The van der Waals surface area contributed by atoms with Crippen molar-refractivity contribution in [2.24, 2.45) is 5.41 Å². The van der Waals surface area contributed by atoms with Gasteiger partial charge < -0.3 is 4.74 Å². The molecule has 1 N–H and O–H groups in total. The summed E-state index contributed by atoms with van der Waals surface area (Å²) in [6.07, 6.45) is 4.44. The molecule has 6 nitrogen and oxygen atoms in total. The highest BCUT2D eigenvalue weighted by atomic mass is 16.5. The van der Waals surface area contributed by atoms with Crippen LogP contribution in [0.5, 0.6) is 0 Å². The van der Waals surface area contributed by atoms with Crippen molar-refractivity contribution in [2.75, 3.05) is 20.3 Å². The third-order valence-electron chi connectivity index (χ3n) is 3.99. The Bertz CT molecular complexity index is 388. The number of imide groups is 2. The van der Waals surface area contributed by atoms with Crippen LogP contribution in [0.25, 0.3) is 0 Å². The Hall–Kier alpha value is -1.43. The zero-order valence-electron chi connectivity index (χ0n) is 11.2. The Labute approximate surface area is 112 Å². The van der Waals surface area contributed by atoms with Crippen LogP contribution >= 0.6 is 0 Å². The normalized spacial score (nSPS) is 22.8. The van der Waals surface area contributed by atoms with Gasteiger partial charge in [-0.05, 0) is 19.3 Å². The Morgan fingerprint density at radius 1 is 1.21 bits per heavy atom. The van der Waals surface area contributed by atoms with Gasteiger partial charge in [-0.15, -0.1) is 0 Å². The van der Waals surface area contributed by atoms with Gasteiger partial charge in [-0.25, -0.2) is 4.79 Å². The molecule has 106 valence electrons. The lowest BCUT2D eigenvalue weighted by atomic mass is 9.71. The number of carbonyl (C=O) groups is 3. The molecule has 19 heavy (non-hydrogen) atoms. The van der Waals surface area contributed by atoms with Crippen molar-refractivity contribution in [1.29, 1.82) is 0 Å². The average molecular weight is 268 g/mol. The van der Waals surface area contributed by atoms with Crippen LogP contribution in [0, 0.1) is 5.41 Å². The highest BCUT2D eigenvalue weighted by Gasteiger charge is 2.53. The number of hydrogen-bond donors (Lipinski definition) is 1. The summed E-state index contributed by atoms with van der Waals surface area (Å²) in [6.45, 7) is 0.783. The molecule has 0 aromatic carbocycles. The molecule has 4 amide bonds. The van der Waals surface area contributed by atoms with E-state index in [4.69, 9.17) is 4.74 Å². The number of methoxy groups -OCH3 is 1. The predicted octanol–water partition coefficient (Wildman–Crippen LogP) is 1.05. The fraction of sp³-hybridized carbons (Fsp3) is 0.769. The molecule has 0 unspecified atom stereocenters. The lowest BCUT2D eigenvalue weighted by Gasteiger charge is -2.41. The number of rotatable bonds is 4. The number of barbiturate groups is 1. The van der Waals surface area contributed by atoms with Crippen LogP contribution < -0.4 is 5.32 Å². The van der Waals surface area contributed by atoms with Gasteiger partial charge in [0.2, 0.25) is 11.8 Å². The van der Waals surface area contributed by atoms with Gasteiger partial charge in [0.05, 0.1) is 0 Å². The number of hydrogen-bond acceptors (Lipinski definition) is 4. The molecule has 1 aliphatic carbocycles. The summed E-state index contributed by atoms with van der Waals surface area (Å²) in [6, 6.07) is -0.595. The minimum atomic E-state index is -1.00. The van der Waals surface area contributed by atoms with E-state index >= 15 is 0 Å². The van der Waals surface area contributed by atoms with Crippen LogP contribution in [0.4, 0.5) is 4.79 Å². The van der Waals surface area contributed by atoms with E-state index in [9.17, 15) is 14.4 Å². The second kappa shape index (κ2) is 5.69. The molecule has 2 aliphatic rings. The van der Waals surface area contributed by atoms with E-state index in [0.717, 1.165) is 19.3 Å². The third kappa shape index (κ3) is 2.49. The van der Waals surface area contributed by atoms with Gasteiger partial charge in [-0.2, -0.15) is 0 Å². The maximum absolute atomic E-state index is 12.5. The molecule has 1 aliphatic heterocycles. The van der Waals surface area contributed by atoms with Crippen molar-refractivity contribution in [3.63, 3.8) is 0 Å². The largest absolute Gasteiger partial charge is 0.385 e. The van der Waals surface area contributed by atoms with Crippen molar-refractivity contribution in [3.05, 3.63) is 0 Å². The number of carbonyl (C=O) groups excluding carboxylic acids is 3. The predicted molar refractivity (Wildman–Crippen MR) is 67.3 cm³/mol. The van der Waals surface area contributed by atoms with E-state index in [1.807, 2.05) is 0 Å². The molecule has 6 heteroatoms. The van der Waals surface area contributed by atoms with Crippen molar-refractivity contribution >= 4 is 17.8 Å². The molecular weight excluding hydrogens is 248 g/mol. The molecule has 1 saturated carbocycles. The maximum Gasteiger partial charge on any atom is 0.330 e. The van der Waals surface area contributed by atoms with E-state index in [1.54, 1.807) is 7.11 Å². The number of ether oxygens (including phenoxy) is 1. The molecular formula is C13H20N2O4. The standard InChI is InChI=1S/C13H20N2O4/c1-19-9-5-8-15-11(17)13(6-3-2-4-7-13)10(16)14-12(15)18/h2-9H2,1H3,(H,14,16,18). The zero-order chi connectivity index (χ0) is 13.9. The summed E-state index contributed by atoms with van der Waals surface area (Å²) in [5.41, 5.74) is -1.00. The van der Waals surface area contributed by atoms with Crippen molar-refractivity contribution in [1.82, 2.24) is 10.2 Å². The first-order chi connectivity index (χ1) is 9.12. The van der Waals surface area contributed by atoms with Crippen molar-refractivity contribution in [2.45, 2.75) is 38.5 Å². The van der Waals surface area contributed by atoms with E-state index in [-0.39, 0.29) is 5.91 Å². The van der Waals surface area contributed by atoms with Crippen LogP contribution in [0.15, 0.2) is 0 Å². The minimum Gasteiger partial charge on any atom is -0.385 e. The van der Waals surface area contributed by atoms with Crippen LogP contribution in [-0.2, 0) is 14.3 Å². The van der Waals surface area contributed by atoms with Crippen LogP contribution in [0.1, 0.15) is 38.5 Å². The highest BCUT2D eigenvalue weighted by Crippen LogP contribution is 2.40. The molecule has 1 saturated heterocycles. The summed E-state index contributed by atoms with van der Waals surface area (Å²) in [5.74, 6) is -0.734. The van der Waals surface area contributed by atoms with E-state index in [2.05, 4.69) is 5.32 Å². The fourth-order valence-corrected chi connectivity index (χ4v) is 2.90. The Morgan fingerprint density at radius 3 is 2.53 bits per heavy atom. The van der Waals surface area contributed by atoms with Gasteiger partial charge in [0, 0.05) is 20.3 Å². The van der Waals surface area contributed by atoms with E-state index in [0.29, 0.717) is 32.4 Å². The highest BCUT2D eigenvalue weighted by molar-refractivity contribution is 6.19. The van der Waals surface area contributed by atoms with Gasteiger partial charge in [0.1, 0.15) is 5.41 Å². The first-order valence-electron chi connectivity index (χ1n) is 6.78. The average Bonchev–Trinajstić information content (AvgIpc) is 2.42.